The average molecular weight is 215 g/mol. The van der Waals surface area contributed by atoms with Crippen molar-refractivity contribution >= 4 is 5.97 Å². The molecule has 86 valence electrons. The van der Waals surface area contributed by atoms with E-state index in [1.54, 1.807) is 0 Å². The number of nitrogens with zero attached hydrogens (tertiary/aromatic N) is 1. The first-order valence-electron chi connectivity index (χ1n) is 5.42. The summed E-state index contributed by atoms with van der Waals surface area (Å²) < 4.78 is 0. The Kier molecular flexibility index (Phi) is 4.05. The minimum Gasteiger partial charge on any atom is -0.481 e. The molecule has 1 rings (SSSR count). The van der Waals surface area contributed by atoms with E-state index in [-0.39, 0.29) is 16.8 Å². The first-order valence-corrected chi connectivity index (χ1v) is 5.42. The summed E-state index contributed by atoms with van der Waals surface area (Å²) in [5, 5.41) is 19.5. The van der Waals surface area contributed by atoms with Gasteiger partial charge in [0, 0.05) is 17.8 Å². The van der Waals surface area contributed by atoms with Gasteiger partial charge in [0.05, 0.1) is 5.92 Å². The van der Waals surface area contributed by atoms with Crippen molar-refractivity contribution < 1.29 is 14.8 Å². The highest BCUT2D eigenvalue weighted by molar-refractivity contribution is 5.70. The number of nitro groups is 1. The van der Waals surface area contributed by atoms with Crippen molar-refractivity contribution in [2.24, 2.45) is 11.8 Å². The monoisotopic (exact) mass is 215 g/mol. The molecule has 5 nitrogen and oxygen atoms in total. The van der Waals surface area contributed by atoms with Crippen LogP contribution in [-0.4, -0.2) is 22.0 Å². The molecule has 0 radical (unpaired) electrons. The van der Waals surface area contributed by atoms with Crippen molar-refractivity contribution in [3.63, 3.8) is 0 Å². The van der Waals surface area contributed by atoms with Crippen LogP contribution in [0.15, 0.2) is 0 Å². The molecule has 0 spiro atoms. The zero-order valence-electron chi connectivity index (χ0n) is 8.89. The van der Waals surface area contributed by atoms with E-state index in [1.807, 2.05) is 6.92 Å². The van der Waals surface area contributed by atoms with E-state index in [0.717, 1.165) is 0 Å². The molecule has 0 aromatic carbocycles. The Morgan fingerprint density at radius 1 is 1.47 bits per heavy atom. The van der Waals surface area contributed by atoms with Crippen molar-refractivity contribution in [1.29, 1.82) is 0 Å². The fourth-order valence-electron chi connectivity index (χ4n) is 2.42. The van der Waals surface area contributed by atoms with Crippen molar-refractivity contribution in [1.82, 2.24) is 0 Å². The molecule has 0 amide bonds. The van der Waals surface area contributed by atoms with Gasteiger partial charge in [-0.15, -0.1) is 0 Å². The summed E-state index contributed by atoms with van der Waals surface area (Å²) in [5.74, 6) is -0.955. The third kappa shape index (κ3) is 2.91. The molecule has 0 saturated heterocycles. The quantitative estimate of drug-likeness (QED) is 0.574. The molecular weight excluding hydrogens is 198 g/mol. The topological polar surface area (TPSA) is 80.4 Å². The van der Waals surface area contributed by atoms with Gasteiger partial charge in [-0.1, -0.05) is 6.92 Å². The lowest BCUT2D eigenvalue weighted by Gasteiger charge is -2.27. The largest absolute Gasteiger partial charge is 0.481 e. The van der Waals surface area contributed by atoms with Gasteiger partial charge in [-0.3, -0.25) is 14.9 Å². The second kappa shape index (κ2) is 5.09. The lowest BCUT2D eigenvalue weighted by Crippen LogP contribution is -2.31. The van der Waals surface area contributed by atoms with Gasteiger partial charge in [-0.05, 0) is 25.2 Å². The Morgan fingerprint density at radius 3 is 2.33 bits per heavy atom. The normalized spacial score (nSPS) is 28.3. The zero-order valence-corrected chi connectivity index (χ0v) is 8.89. The van der Waals surface area contributed by atoms with Gasteiger partial charge in [0.25, 0.3) is 0 Å². The maximum atomic E-state index is 10.9. The lowest BCUT2D eigenvalue weighted by molar-refractivity contribution is -0.527. The molecule has 1 atom stereocenters. The number of carboxylic acids is 1. The fourth-order valence-corrected chi connectivity index (χ4v) is 2.42. The summed E-state index contributed by atoms with van der Waals surface area (Å²) in [6.45, 7) is 1.86. The van der Waals surface area contributed by atoms with Crippen LogP contribution in [0, 0.1) is 22.0 Å². The highest BCUT2D eigenvalue weighted by Crippen LogP contribution is 2.32. The minimum absolute atomic E-state index is 0.128. The summed E-state index contributed by atoms with van der Waals surface area (Å²) in [5.41, 5.74) is 0. The minimum atomic E-state index is -0.762. The smallest absolute Gasteiger partial charge is 0.306 e. The van der Waals surface area contributed by atoms with E-state index in [4.69, 9.17) is 5.11 Å². The highest BCUT2D eigenvalue weighted by atomic mass is 16.6. The van der Waals surface area contributed by atoms with Gasteiger partial charge in [0.1, 0.15) is 0 Å². The molecule has 1 aliphatic carbocycles. The Labute approximate surface area is 88.6 Å². The molecule has 5 heteroatoms. The predicted octanol–water partition coefficient (Wildman–Crippen LogP) is 1.93. The van der Waals surface area contributed by atoms with E-state index in [1.165, 1.54) is 0 Å². The first kappa shape index (κ1) is 11.9. The zero-order chi connectivity index (χ0) is 11.4. The Hall–Kier alpha value is -1.13. The predicted molar refractivity (Wildman–Crippen MR) is 54.2 cm³/mol. The maximum absolute atomic E-state index is 10.9. The first-order chi connectivity index (χ1) is 7.06. The molecular formula is C10H17NO4. The van der Waals surface area contributed by atoms with Gasteiger partial charge in [-0.25, -0.2) is 0 Å². The lowest BCUT2D eigenvalue weighted by atomic mass is 9.77. The van der Waals surface area contributed by atoms with Gasteiger partial charge >= 0.3 is 5.97 Å². The summed E-state index contributed by atoms with van der Waals surface area (Å²) in [6.07, 6.45) is 3.03. The third-order valence-corrected chi connectivity index (χ3v) is 3.37. The molecule has 1 fully saturated rings. The van der Waals surface area contributed by atoms with Crippen molar-refractivity contribution in [2.75, 3.05) is 0 Å². The van der Waals surface area contributed by atoms with Gasteiger partial charge in [0.15, 0.2) is 0 Å². The van der Waals surface area contributed by atoms with Gasteiger partial charge < -0.3 is 5.11 Å². The van der Waals surface area contributed by atoms with E-state index >= 15 is 0 Å². The number of carbonyl (C=O) groups is 1. The molecule has 0 aromatic rings. The molecule has 0 heterocycles. The number of rotatable bonds is 4. The SMILES string of the molecule is CCC(C(=O)O)C1CCC([N+](=O)[O-])CC1. The summed E-state index contributed by atoms with van der Waals surface area (Å²) in [6, 6.07) is -0.451. The maximum Gasteiger partial charge on any atom is 0.306 e. The fraction of sp³-hybridized carbons (Fsp3) is 0.900. The molecule has 1 aliphatic rings. The Bertz CT molecular complexity index is 246. The van der Waals surface area contributed by atoms with Crippen LogP contribution in [0.1, 0.15) is 39.0 Å². The molecule has 0 aliphatic heterocycles. The number of carboxylic acid groups (broad SMARTS) is 1. The second-order valence-electron chi connectivity index (χ2n) is 4.21. The van der Waals surface area contributed by atoms with Crippen molar-refractivity contribution in [3.05, 3.63) is 10.1 Å². The molecule has 0 bridgehead atoms. The second-order valence-corrected chi connectivity index (χ2v) is 4.21. The highest BCUT2D eigenvalue weighted by Gasteiger charge is 2.34. The van der Waals surface area contributed by atoms with Crippen LogP contribution in [0.5, 0.6) is 0 Å². The van der Waals surface area contributed by atoms with E-state index in [0.29, 0.717) is 32.1 Å². The van der Waals surface area contributed by atoms with Crippen LogP contribution in [0.3, 0.4) is 0 Å². The van der Waals surface area contributed by atoms with Crippen molar-refractivity contribution in [2.45, 2.75) is 45.1 Å². The van der Waals surface area contributed by atoms with Crippen LogP contribution < -0.4 is 0 Å². The van der Waals surface area contributed by atoms with Crippen molar-refractivity contribution in [3.8, 4) is 0 Å². The van der Waals surface area contributed by atoms with Gasteiger partial charge in [0.2, 0.25) is 6.04 Å². The van der Waals surface area contributed by atoms with Crippen LogP contribution in [0.25, 0.3) is 0 Å². The summed E-state index contributed by atoms with van der Waals surface area (Å²) in [4.78, 5) is 21.2. The summed E-state index contributed by atoms with van der Waals surface area (Å²) >= 11 is 0. The number of aliphatic carboxylic acids is 1. The molecule has 0 aromatic heterocycles. The average Bonchev–Trinajstić information content (AvgIpc) is 2.19. The molecule has 1 saturated carbocycles. The molecule has 15 heavy (non-hydrogen) atoms. The standard InChI is InChI=1S/C10H17NO4/c1-2-9(10(12)13)7-3-5-8(6-4-7)11(14)15/h7-9H,2-6H2,1H3,(H,12,13). The Morgan fingerprint density at radius 2 is 2.00 bits per heavy atom. The summed E-state index contributed by atoms with van der Waals surface area (Å²) in [7, 11) is 0. The number of hydrogen-bond donors (Lipinski definition) is 1. The third-order valence-electron chi connectivity index (χ3n) is 3.37. The van der Waals surface area contributed by atoms with Crippen LogP contribution in [0.2, 0.25) is 0 Å². The van der Waals surface area contributed by atoms with Crippen LogP contribution >= 0.6 is 0 Å². The van der Waals surface area contributed by atoms with E-state index in [9.17, 15) is 14.9 Å². The van der Waals surface area contributed by atoms with Crippen LogP contribution in [0.4, 0.5) is 0 Å². The molecule has 1 N–H and O–H groups in total. The van der Waals surface area contributed by atoms with E-state index in [2.05, 4.69) is 0 Å². The Balaban J connectivity index is 2.49. The van der Waals surface area contributed by atoms with E-state index < -0.39 is 12.0 Å². The van der Waals surface area contributed by atoms with Gasteiger partial charge in [-0.2, -0.15) is 0 Å². The number of hydrogen-bond acceptors (Lipinski definition) is 3. The van der Waals surface area contributed by atoms with Crippen LogP contribution in [-0.2, 0) is 4.79 Å². The molecule has 1 unspecified atom stereocenters.